The van der Waals surface area contributed by atoms with Crippen molar-refractivity contribution < 1.29 is 33.9 Å². The molecular formula is C122H232O7. The van der Waals surface area contributed by atoms with E-state index in [1.165, 1.54) is 365 Å². The molecule has 3 rings (SSSR count). The second-order valence-electron chi connectivity index (χ2n) is 48.2. The smallest absolute Gasteiger partial charge is 0.200 e. The summed E-state index contributed by atoms with van der Waals surface area (Å²) in [7, 11) is 1.70. The van der Waals surface area contributed by atoms with Crippen LogP contribution in [-0.4, -0.2) is 64.1 Å². The van der Waals surface area contributed by atoms with E-state index in [1.54, 1.807) is 7.11 Å². The predicted octanol–water partition coefficient (Wildman–Crippen LogP) is 39.9. The van der Waals surface area contributed by atoms with Gasteiger partial charge >= 0.3 is 0 Å². The highest BCUT2D eigenvalue weighted by Gasteiger charge is 2.54. The molecule has 7 nitrogen and oxygen atoms in total. The molecule has 2 saturated heterocycles. The predicted molar refractivity (Wildman–Crippen MR) is 569 cm³/mol. The molecule has 2 aliphatic rings. The number of aryl methyl sites for hydroxylation is 1. The summed E-state index contributed by atoms with van der Waals surface area (Å²) in [5, 5.41) is 24.9. The third-order valence-electron chi connectivity index (χ3n) is 32.1. The molecule has 0 aromatic heterocycles. The van der Waals surface area contributed by atoms with Crippen LogP contribution in [0.1, 0.15) is 607 Å². The highest BCUT2D eigenvalue weighted by atomic mass is 16.6. The molecule has 1 aromatic rings. The summed E-state index contributed by atoms with van der Waals surface area (Å²) in [5.74, 6) is 10.0. The lowest BCUT2D eigenvalue weighted by Crippen LogP contribution is -2.60. The van der Waals surface area contributed by atoms with Gasteiger partial charge in [-0.2, -0.15) is 0 Å². The number of unbranched alkanes of at least 4 members (excludes halogenated alkanes) is 29. The number of rotatable bonds is 89. The van der Waals surface area contributed by atoms with Crippen molar-refractivity contribution in [2.45, 2.75) is 655 Å². The normalized spacial score (nSPS) is 20.4. The maximum atomic E-state index is 12.7. The maximum Gasteiger partial charge on any atom is 0.200 e. The topological polar surface area (TPSA) is 86.6 Å². The summed E-state index contributed by atoms with van der Waals surface area (Å²) in [6, 6.07) is 4.21. The van der Waals surface area contributed by atoms with E-state index in [2.05, 4.69) is 170 Å². The van der Waals surface area contributed by atoms with Crippen LogP contribution < -0.4 is 9.47 Å². The number of phenols is 1. The molecular weight excluding hydrogens is 1580 g/mol. The van der Waals surface area contributed by atoms with Crippen LogP contribution in [0.5, 0.6) is 17.2 Å². The van der Waals surface area contributed by atoms with Crippen molar-refractivity contribution in [3.05, 3.63) is 29.8 Å². The largest absolute Gasteiger partial charge is 0.502 e. The quantitative estimate of drug-likeness (QED) is 0.0496. The van der Waals surface area contributed by atoms with E-state index in [1.807, 2.05) is 0 Å². The lowest BCUT2D eigenvalue weighted by atomic mass is 9.78. The lowest BCUT2D eigenvalue weighted by Gasteiger charge is -2.53. The molecule has 1 aromatic carbocycles. The Hall–Kier alpha value is -1.80. The molecule has 0 unspecified atom stereocenters. The van der Waals surface area contributed by atoms with Crippen LogP contribution in [0.2, 0.25) is 0 Å². The molecule has 16 atom stereocenters. The molecule has 0 radical (unpaired) electrons. The Bertz CT molecular complexity index is 2730. The van der Waals surface area contributed by atoms with Crippen LogP contribution >= 0.6 is 0 Å². The Morgan fingerprint density at radius 3 is 0.984 bits per heavy atom. The monoisotopic (exact) mass is 1810 g/mol. The molecule has 0 amide bonds. The molecule has 2 fully saturated rings. The molecule has 0 bridgehead atoms. The second-order valence-corrected chi connectivity index (χ2v) is 48.2. The Labute approximate surface area is 808 Å². The van der Waals surface area contributed by atoms with Crippen molar-refractivity contribution in [2.75, 3.05) is 7.11 Å². The Morgan fingerprint density at radius 1 is 0.349 bits per heavy atom. The minimum atomic E-state index is -0.918. The van der Waals surface area contributed by atoms with E-state index in [0.717, 1.165) is 150 Å². The summed E-state index contributed by atoms with van der Waals surface area (Å²) in [6.07, 6.45) is 95.4. The fourth-order valence-electron chi connectivity index (χ4n) is 22.6. The molecule has 0 aliphatic carbocycles. The second kappa shape index (κ2) is 74.3. The third kappa shape index (κ3) is 60.0. The summed E-state index contributed by atoms with van der Waals surface area (Å²) < 4.78 is 37.4. The van der Waals surface area contributed by atoms with Crippen LogP contribution in [0.3, 0.4) is 0 Å². The highest BCUT2D eigenvalue weighted by molar-refractivity contribution is 5.53. The summed E-state index contributed by atoms with van der Waals surface area (Å²) in [6.45, 7) is 50.5. The van der Waals surface area contributed by atoms with Crippen LogP contribution in [0, 0.1) is 71.0 Å². The first kappa shape index (κ1) is 121. The van der Waals surface area contributed by atoms with Crippen LogP contribution in [0.15, 0.2) is 24.3 Å². The number of allylic oxidation sites excluding steroid dienone is 2. The number of methoxy groups -OCH3 is 1. The molecule has 7 heteroatoms. The first-order valence-corrected chi connectivity index (χ1v) is 58.3. The van der Waals surface area contributed by atoms with Gasteiger partial charge < -0.3 is 33.9 Å². The molecule has 762 valence electrons. The fraction of sp³-hybridized carbons (Fsp3) is 0.934. The number of aliphatic hydroxyl groups is 1. The number of hydrogen-bond acceptors (Lipinski definition) is 7. The first-order chi connectivity index (χ1) is 61.8. The van der Waals surface area contributed by atoms with Gasteiger partial charge in [0.15, 0.2) is 11.5 Å². The van der Waals surface area contributed by atoms with Crippen molar-refractivity contribution in [1.29, 1.82) is 0 Å². The van der Waals surface area contributed by atoms with Gasteiger partial charge in [0.2, 0.25) is 5.75 Å². The minimum absolute atomic E-state index is 0.101. The van der Waals surface area contributed by atoms with E-state index in [-0.39, 0.29) is 30.2 Å². The van der Waals surface area contributed by atoms with E-state index in [0.29, 0.717) is 35.2 Å². The van der Waals surface area contributed by atoms with E-state index >= 15 is 0 Å². The summed E-state index contributed by atoms with van der Waals surface area (Å²) >= 11 is 0. The van der Waals surface area contributed by atoms with Crippen molar-refractivity contribution in [3.63, 3.8) is 0 Å². The van der Waals surface area contributed by atoms with Gasteiger partial charge in [0.1, 0.15) is 11.7 Å². The number of hydrogen-bond donors (Lipinski definition) is 2. The molecule has 0 spiro atoms. The molecule has 2 aliphatic heterocycles. The molecule has 129 heavy (non-hydrogen) atoms. The Morgan fingerprint density at radius 2 is 0.636 bits per heavy atom. The van der Waals surface area contributed by atoms with Gasteiger partial charge in [-0.1, -0.05) is 502 Å². The Kier molecular flexibility index (Phi) is 69.9. The zero-order chi connectivity index (χ0) is 94.8. The van der Waals surface area contributed by atoms with Gasteiger partial charge in [0.25, 0.3) is 0 Å². The Balaban J connectivity index is 1.81. The van der Waals surface area contributed by atoms with Crippen molar-refractivity contribution in [2.24, 2.45) is 71.0 Å². The first-order valence-electron chi connectivity index (χ1n) is 58.3. The van der Waals surface area contributed by atoms with Gasteiger partial charge in [-0.15, -0.1) is 0 Å². The number of ether oxygens (including phenoxy) is 5. The third-order valence-corrected chi connectivity index (χ3v) is 32.1. The molecule has 2 heterocycles. The average Bonchev–Trinajstić information content (AvgIpc) is 1.58. The number of benzene rings is 1. The zero-order valence-electron chi connectivity index (χ0n) is 91.4. The van der Waals surface area contributed by atoms with Gasteiger partial charge in [0, 0.05) is 0 Å². The number of aromatic hydroxyl groups is 1. The van der Waals surface area contributed by atoms with Gasteiger partial charge in [-0.25, -0.2) is 0 Å². The van der Waals surface area contributed by atoms with Crippen LogP contribution in [0.25, 0.3) is 0 Å². The van der Waals surface area contributed by atoms with E-state index in [4.69, 9.17) is 23.7 Å². The van der Waals surface area contributed by atoms with Crippen LogP contribution in [0.4, 0.5) is 0 Å². The van der Waals surface area contributed by atoms with E-state index < -0.39 is 22.4 Å². The minimum Gasteiger partial charge on any atom is -0.502 e. The molecule has 0 saturated carbocycles. The van der Waals surface area contributed by atoms with Crippen LogP contribution in [-0.2, 0) is 20.6 Å². The van der Waals surface area contributed by atoms with Gasteiger partial charge in [0.05, 0.1) is 42.2 Å². The number of phenolic OH excluding ortho intramolecular Hbond substituents is 1. The SMILES string of the molecule is CCCCCCCCC=CCCCCCCCCCCCCCCCCCCCCCCCCCc1cc(OC)c(O)c(O[C@@H]2CC[C@H]([C@](C)(CCC[C@@H](C)CCC[C@@H](C)CCCC(C)C)O[C@@](C)(CCC[C@H](C)CCC[C@H](C)CCCC(C)C)[C@@H]3CC[C@@H]([C@@](C)(O)CCC[C@H](C)CCC[C@H](C)CCCC(C)C)O3)O[C@@]2(C)CCC[C@H](C)CCC[C@H](C)CCCC(C)C)c1. The average molecular weight is 1810 g/mol. The maximum absolute atomic E-state index is 12.7. The highest BCUT2D eigenvalue weighted by Crippen LogP contribution is 2.49. The van der Waals surface area contributed by atoms with Gasteiger partial charge in [-0.3, -0.25) is 0 Å². The summed E-state index contributed by atoms with van der Waals surface area (Å²) in [4.78, 5) is 0. The fourth-order valence-corrected chi connectivity index (χ4v) is 22.6. The van der Waals surface area contributed by atoms with E-state index in [9.17, 15) is 10.2 Å². The standard InChI is InChI=1S/C122H232O7/c1-23-24-25-26-27-28-29-30-31-32-33-34-35-36-37-38-39-40-41-42-43-44-45-46-47-48-49-50-51-52-53-54-55-88-111-97-112(125-22)118(123)113(98-111)126-115-91-92-117(128-120(115,19)94-65-85-108(15)81-61-77-104(11)73-57-69-100(4)5)122(21,96-67-87-110(17)83-63-79-106(13)75-59-71-102(8)9)129-121(20,95-66-86-109(16)82-62-78-105(12)74-58-70-101(6)7)116-90-89-114(127-116)119(18,124)93-64-84-107(14)80-60-76-103(10)72-56-68-99(2)3/h30-31,97-110,114-117,123-124H,23-29,32-96H2,1-22H3/t103-,104-,105-,106+,107-,108-,109-,110+,114+,115-,116+,117-,119+,120+,121+,122+/m1/s1. The lowest BCUT2D eigenvalue weighted by molar-refractivity contribution is -0.281. The van der Waals surface area contributed by atoms with Crippen molar-refractivity contribution in [1.82, 2.24) is 0 Å². The van der Waals surface area contributed by atoms with Crippen molar-refractivity contribution >= 4 is 0 Å². The molecule has 2 N–H and O–H groups in total. The van der Waals surface area contributed by atoms with Crippen molar-refractivity contribution in [3.8, 4) is 17.2 Å². The zero-order valence-corrected chi connectivity index (χ0v) is 91.4. The van der Waals surface area contributed by atoms with Gasteiger partial charge in [-0.05, 0) is 206 Å². The summed E-state index contributed by atoms with van der Waals surface area (Å²) in [5.41, 5.74) is -1.65.